The van der Waals surface area contributed by atoms with Gasteiger partial charge in [-0.2, -0.15) is 5.26 Å². The molecular weight excluding hydrogens is 328 g/mol. The predicted octanol–water partition coefficient (Wildman–Crippen LogP) is 1.36. The number of carbonyl (C=O) groups excluding carboxylic acids is 1. The van der Waals surface area contributed by atoms with Gasteiger partial charge in [0.15, 0.2) is 0 Å². The van der Waals surface area contributed by atoms with Crippen LogP contribution in [0.1, 0.15) is 30.4 Å². The number of nitrogens with one attached hydrogen (secondary N) is 1. The fraction of sp³-hybridized carbons (Fsp3) is 0.600. The molecule has 140 valence electrons. The number of nitrogens with zero attached hydrogens (tertiary/aromatic N) is 3. The summed E-state index contributed by atoms with van der Waals surface area (Å²) in [6, 6.07) is 9.95. The molecule has 1 amide bonds. The van der Waals surface area contributed by atoms with E-state index in [-0.39, 0.29) is 12.0 Å². The highest BCUT2D eigenvalue weighted by atomic mass is 16.5. The third-order valence-electron chi connectivity index (χ3n) is 5.09. The third-order valence-corrected chi connectivity index (χ3v) is 5.09. The van der Waals surface area contributed by atoms with Crippen molar-refractivity contribution in [3.63, 3.8) is 0 Å². The maximum Gasteiger partial charge on any atom is 0.234 e. The predicted molar refractivity (Wildman–Crippen MR) is 99.5 cm³/mol. The second-order valence-electron chi connectivity index (χ2n) is 7.15. The number of ether oxygens (including phenoxy) is 1. The molecule has 0 radical (unpaired) electrons. The molecule has 2 aliphatic rings. The van der Waals surface area contributed by atoms with Gasteiger partial charge in [0.2, 0.25) is 5.91 Å². The molecular formula is C20H28N4O2. The van der Waals surface area contributed by atoms with E-state index in [1.165, 1.54) is 5.56 Å². The van der Waals surface area contributed by atoms with Gasteiger partial charge in [-0.3, -0.25) is 14.6 Å². The van der Waals surface area contributed by atoms with Crippen LogP contribution in [0.3, 0.4) is 0 Å². The molecule has 2 fully saturated rings. The first-order valence-electron chi connectivity index (χ1n) is 9.55. The van der Waals surface area contributed by atoms with Crippen LogP contribution >= 0.6 is 0 Å². The number of hydrogen-bond acceptors (Lipinski definition) is 5. The van der Waals surface area contributed by atoms with Gasteiger partial charge >= 0.3 is 0 Å². The summed E-state index contributed by atoms with van der Waals surface area (Å²) in [6.45, 7) is 6.68. The Bertz CT molecular complexity index is 620. The lowest BCUT2D eigenvalue weighted by atomic mass is 10.1. The number of carbonyl (C=O) groups is 1. The van der Waals surface area contributed by atoms with E-state index in [0.29, 0.717) is 18.7 Å². The average molecular weight is 356 g/mol. The van der Waals surface area contributed by atoms with Crippen molar-refractivity contribution in [2.45, 2.75) is 31.9 Å². The summed E-state index contributed by atoms with van der Waals surface area (Å²) in [5, 5.41) is 11.9. The molecule has 0 aliphatic carbocycles. The monoisotopic (exact) mass is 356 g/mol. The first-order chi connectivity index (χ1) is 12.7. The van der Waals surface area contributed by atoms with Crippen molar-refractivity contribution in [1.82, 2.24) is 15.1 Å². The summed E-state index contributed by atoms with van der Waals surface area (Å²) in [5.74, 6) is 0.0982. The van der Waals surface area contributed by atoms with E-state index < -0.39 is 0 Å². The van der Waals surface area contributed by atoms with Gasteiger partial charge < -0.3 is 10.1 Å². The van der Waals surface area contributed by atoms with Crippen molar-refractivity contribution in [1.29, 1.82) is 5.26 Å². The Balaban J connectivity index is 1.39. The number of rotatable bonds is 6. The lowest BCUT2D eigenvalue weighted by molar-refractivity contribution is -0.122. The molecule has 6 heteroatoms. The molecule has 0 aromatic heterocycles. The minimum atomic E-state index is 0.0982. The molecule has 1 aromatic rings. The summed E-state index contributed by atoms with van der Waals surface area (Å²) in [6.07, 6.45) is 3.41. The Hall–Kier alpha value is -1.94. The molecule has 3 rings (SSSR count). The van der Waals surface area contributed by atoms with Crippen molar-refractivity contribution >= 4 is 5.91 Å². The Kier molecular flexibility index (Phi) is 7.01. The van der Waals surface area contributed by atoms with Crippen molar-refractivity contribution in [3.8, 4) is 6.07 Å². The molecule has 6 nitrogen and oxygen atoms in total. The van der Waals surface area contributed by atoms with Crippen LogP contribution in [-0.2, 0) is 16.1 Å². The number of amides is 1. The number of hydrogen-bond donors (Lipinski definition) is 1. The summed E-state index contributed by atoms with van der Waals surface area (Å²) in [7, 11) is 0. The second-order valence-corrected chi connectivity index (χ2v) is 7.15. The summed E-state index contributed by atoms with van der Waals surface area (Å²) >= 11 is 0. The minimum Gasteiger partial charge on any atom is -0.376 e. The maximum absolute atomic E-state index is 12.2. The van der Waals surface area contributed by atoms with E-state index in [1.807, 2.05) is 24.3 Å². The topological polar surface area (TPSA) is 68.6 Å². The van der Waals surface area contributed by atoms with E-state index >= 15 is 0 Å². The van der Waals surface area contributed by atoms with Crippen LogP contribution in [0.15, 0.2) is 24.3 Å². The Morgan fingerprint density at radius 3 is 2.65 bits per heavy atom. The van der Waals surface area contributed by atoms with E-state index in [1.54, 1.807) is 0 Å². The molecule has 1 atom stereocenters. The van der Waals surface area contributed by atoms with Gasteiger partial charge in [-0.05, 0) is 50.0 Å². The van der Waals surface area contributed by atoms with Crippen LogP contribution < -0.4 is 5.32 Å². The normalized spacial score (nSPS) is 21.9. The van der Waals surface area contributed by atoms with Crippen molar-refractivity contribution in [2.24, 2.45) is 0 Å². The van der Waals surface area contributed by atoms with E-state index in [0.717, 1.165) is 58.6 Å². The lowest BCUT2D eigenvalue weighted by Crippen LogP contribution is -2.41. The molecule has 2 aliphatic heterocycles. The highest BCUT2D eigenvalue weighted by Crippen LogP contribution is 2.11. The third kappa shape index (κ3) is 5.80. The molecule has 2 saturated heterocycles. The van der Waals surface area contributed by atoms with Crippen LogP contribution in [0.4, 0.5) is 0 Å². The van der Waals surface area contributed by atoms with Gasteiger partial charge in [-0.1, -0.05) is 12.1 Å². The summed E-state index contributed by atoms with van der Waals surface area (Å²) in [4.78, 5) is 16.8. The number of nitriles is 1. The Morgan fingerprint density at radius 1 is 1.15 bits per heavy atom. The van der Waals surface area contributed by atoms with Crippen LogP contribution in [0, 0.1) is 11.3 Å². The average Bonchev–Trinajstić information content (AvgIpc) is 3.09. The maximum atomic E-state index is 12.2. The number of benzene rings is 1. The largest absolute Gasteiger partial charge is 0.376 e. The Morgan fingerprint density at radius 2 is 1.92 bits per heavy atom. The molecule has 26 heavy (non-hydrogen) atoms. The Labute approximate surface area is 155 Å². The van der Waals surface area contributed by atoms with Crippen molar-refractivity contribution in [2.75, 3.05) is 45.9 Å². The van der Waals surface area contributed by atoms with Crippen LogP contribution in [0.25, 0.3) is 0 Å². The van der Waals surface area contributed by atoms with E-state index in [2.05, 4.69) is 21.2 Å². The first kappa shape index (κ1) is 18.8. The molecule has 0 saturated carbocycles. The van der Waals surface area contributed by atoms with Crippen molar-refractivity contribution in [3.05, 3.63) is 35.4 Å². The van der Waals surface area contributed by atoms with Gasteiger partial charge in [-0.25, -0.2) is 0 Å². The molecule has 0 bridgehead atoms. The van der Waals surface area contributed by atoms with E-state index in [9.17, 15) is 4.79 Å². The fourth-order valence-corrected chi connectivity index (χ4v) is 3.58. The molecule has 1 N–H and O–H groups in total. The summed E-state index contributed by atoms with van der Waals surface area (Å²) < 4.78 is 5.55. The van der Waals surface area contributed by atoms with Gasteiger partial charge in [0, 0.05) is 32.8 Å². The summed E-state index contributed by atoms with van der Waals surface area (Å²) in [5.41, 5.74) is 1.93. The standard InChI is InChI=1S/C20H28N4O2/c21-13-17-4-6-18(7-5-17)15-23-8-2-9-24(11-10-23)16-20(25)22-14-19-3-1-12-26-19/h4-7,19H,1-3,8-12,14-16H2,(H,22,25). The van der Waals surface area contributed by atoms with Gasteiger partial charge in [0.05, 0.1) is 24.3 Å². The van der Waals surface area contributed by atoms with Crippen LogP contribution in [0.5, 0.6) is 0 Å². The van der Waals surface area contributed by atoms with Gasteiger partial charge in [0.25, 0.3) is 0 Å². The molecule has 2 heterocycles. The van der Waals surface area contributed by atoms with Crippen LogP contribution in [-0.4, -0.2) is 67.7 Å². The second kappa shape index (κ2) is 9.67. The fourth-order valence-electron chi connectivity index (χ4n) is 3.58. The first-order valence-corrected chi connectivity index (χ1v) is 9.55. The van der Waals surface area contributed by atoms with Crippen molar-refractivity contribution < 1.29 is 9.53 Å². The van der Waals surface area contributed by atoms with Gasteiger partial charge in [0.1, 0.15) is 0 Å². The highest BCUT2D eigenvalue weighted by Gasteiger charge is 2.19. The van der Waals surface area contributed by atoms with E-state index in [4.69, 9.17) is 10.00 Å². The van der Waals surface area contributed by atoms with Crippen LogP contribution in [0.2, 0.25) is 0 Å². The van der Waals surface area contributed by atoms with Gasteiger partial charge in [-0.15, -0.1) is 0 Å². The zero-order valence-corrected chi connectivity index (χ0v) is 15.3. The SMILES string of the molecule is N#Cc1ccc(CN2CCCN(CC(=O)NCC3CCCO3)CC2)cc1. The zero-order valence-electron chi connectivity index (χ0n) is 15.3. The highest BCUT2D eigenvalue weighted by molar-refractivity contribution is 5.78. The minimum absolute atomic E-state index is 0.0982. The molecule has 1 aromatic carbocycles. The molecule has 0 spiro atoms. The lowest BCUT2D eigenvalue weighted by Gasteiger charge is -2.22. The zero-order chi connectivity index (χ0) is 18.2. The quantitative estimate of drug-likeness (QED) is 0.834. The smallest absolute Gasteiger partial charge is 0.234 e. The molecule has 1 unspecified atom stereocenters.